The van der Waals surface area contributed by atoms with Crippen LogP contribution in [0.5, 0.6) is 0 Å². The van der Waals surface area contributed by atoms with Crippen LogP contribution in [0.3, 0.4) is 0 Å². The predicted octanol–water partition coefficient (Wildman–Crippen LogP) is 2.93. The number of halogens is 6. The second-order valence-corrected chi connectivity index (χ2v) is 4.88. The van der Waals surface area contributed by atoms with Crippen molar-refractivity contribution >= 4 is 0 Å². The largest absolute Gasteiger partial charge is 0.407 e. The maximum absolute atomic E-state index is 12.8. The number of nitrogens with one attached hydrogen (secondary N) is 1. The summed E-state index contributed by atoms with van der Waals surface area (Å²) in [4.78, 5) is 0. The molecule has 0 fully saturated rings. The van der Waals surface area contributed by atoms with Gasteiger partial charge in [0.2, 0.25) is 5.92 Å². The van der Waals surface area contributed by atoms with Crippen molar-refractivity contribution in [3.63, 3.8) is 0 Å². The third kappa shape index (κ3) is 3.14. The SMILES string of the molecule is CCCC1NCCn2c1nnc2C(C(F)(F)F)C(F)(F)F. The van der Waals surface area contributed by atoms with Gasteiger partial charge in [0.1, 0.15) is 5.82 Å². The van der Waals surface area contributed by atoms with Gasteiger partial charge in [-0.25, -0.2) is 0 Å². The summed E-state index contributed by atoms with van der Waals surface area (Å²) in [5.41, 5.74) is 0. The third-order valence-electron chi connectivity index (χ3n) is 3.34. The monoisotopic (exact) mass is 316 g/mol. The normalized spacial score (nSPS) is 19.9. The molecule has 0 spiro atoms. The Hall–Kier alpha value is -1.32. The molecular formula is C11H14F6N4. The van der Waals surface area contributed by atoms with Gasteiger partial charge in [-0.1, -0.05) is 13.3 Å². The smallest absolute Gasteiger partial charge is 0.312 e. The summed E-state index contributed by atoms with van der Waals surface area (Å²) in [7, 11) is 0. The molecule has 21 heavy (non-hydrogen) atoms. The van der Waals surface area contributed by atoms with Crippen molar-refractivity contribution in [1.82, 2.24) is 20.1 Å². The van der Waals surface area contributed by atoms with Gasteiger partial charge < -0.3 is 9.88 Å². The lowest BCUT2D eigenvalue weighted by Crippen LogP contribution is -2.39. The number of alkyl halides is 6. The van der Waals surface area contributed by atoms with Crippen LogP contribution in [0.4, 0.5) is 26.3 Å². The Morgan fingerprint density at radius 2 is 1.81 bits per heavy atom. The van der Waals surface area contributed by atoms with Crippen LogP contribution in [0.25, 0.3) is 0 Å². The molecule has 2 rings (SSSR count). The summed E-state index contributed by atoms with van der Waals surface area (Å²) in [6.45, 7) is 2.14. The van der Waals surface area contributed by atoms with Crippen molar-refractivity contribution in [3.8, 4) is 0 Å². The van der Waals surface area contributed by atoms with Gasteiger partial charge >= 0.3 is 12.4 Å². The Bertz CT molecular complexity index is 478. The van der Waals surface area contributed by atoms with Crippen LogP contribution < -0.4 is 5.32 Å². The van der Waals surface area contributed by atoms with Gasteiger partial charge in [0.25, 0.3) is 0 Å². The highest BCUT2D eigenvalue weighted by molar-refractivity contribution is 5.12. The Balaban J connectivity index is 2.45. The third-order valence-corrected chi connectivity index (χ3v) is 3.34. The molecule has 1 unspecified atom stereocenters. The summed E-state index contributed by atoms with van der Waals surface area (Å²) < 4.78 is 77.6. The molecule has 0 saturated heterocycles. The van der Waals surface area contributed by atoms with Gasteiger partial charge in [-0.15, -0.1) is 10.2 Å². The average Bonchev–Trinajstić information content (AvgIpc) is 2.71. The number of rotatable bonds is 3. The van der Waals surface area contributed by atoms with Crippen LogP contribution in [0.15, 0.2) is 0 Å². The maximum atomic E-state index is 12.8. The quantitative estimate of drug-likeness (QED) is 0.872. The molecule has 10 heteroatoms. The predicted molar refractivity (Wildman–Crippen MR) is 60.5 cm³/mol. The van der Waals surface area contributed by atoms with Crippen molar-refractivity contribution in [3.05, 3.63) is 11.6 Å². The van der Waals surface area contributed by atoms with E-state index in [4.69, 9.17) is 0 Å². The Morgan fingerprint density at radius 3 is 2.33 bits per heavy atom. The summed E-state index contributed by atoms with van der Waals surface area (Å²) >= 11 is 0. The van der Waals surface area contributed by atoms with E-state index in [2.05, 4.69) is 15.5 Å². The first-order chi connectivity index (χ1) is 9.66. The minimum absolute atomic E-state index is 0.0134. The number of aromatic nitrogens is 3. The average molecular weight is 316 g/mol. The second-order valence-electron chi connectivity index (χ2n) is 4.88. The van der Waals surface area contributed by atoms with Gasteiger partial charge in [0.05, 0.1) is 6.04 Å². The molecule has 1 aliphatic rings. The number of nitrogens with zero attached hydrogens (tertiary/aromatic N) is 3. The van der Waals surface area contributed by atoms with E-state index in [0.717, 1.165) is 11.0 Å². The molecule has 1 aromatic heterocycles. The molecule has 0 bridgehead atoms. The van der Waals surface area contributed by atoms with E-state index in [9.17, 15) is 26.3 Å². The fourth-order valence-electron chi connectivity index (χ4n) is 2.47. The molecule has 120 valence electrons. The first kappa shape index (κ1) is 16.1. The Kier molecular flexibility index (Phi) is 4.18. The zero-order valence-corrected chi connectivity index (χ0v) is 11.1. The number of hydrogen-bond donors (Lipinski definition) is 1. The molecule has 0 aromatic carbocycles. The number of hydrogen-bond acceptors (Lipinski definition) is 3. The van der Waals surface area contributed by atoms with Crippen molar-refractivity contribution in [2.45, 2.75) is 50.6 Å². The van der Waals surface area contributed by atoms with Crippen LogP contribution in [0.2, 0.25) is 0 Å². The minimum Gasteiger partial charge on any atom is -0.312 e. The summed E-state index contributed by atoms with van der Waals surface area (Å²) in [6, 6.07) is -0.368. The highest BCUT2D eigenvalue weighted by Gasteiger charge is 2.60. The minimum atomic E-state index is -5.45. The van der Waals surface area contributed by atoms with E-state index in [0.29, 0.717) is 6.42 Å². The molecule has 0 saturated carbocycles. The summed E-state index contributed by atoms with van der Waals surface area (Å²) in [6.07, 6.45) is -9.61. The van der Waals surface area contributed by atoms with E-state index in [-0.39, 0.29) is 25.0 Å². The fourth-order valence-corrected chi connectivity index (χ4v) is 2.47. The van der Waals surface area contributed by atoms with Gasteiger partial charge in [0, 0.05) is 13.1 Å². The number of fused-ring (bicyclic) bond motifs is 1. The van der Waals surface area contributed by atoms with Crippen molar-refractivity contribution in [2.75, 3.05) is 6.54 Å². The summed E-state index contributed by atoms with van der Waals surface area (Å²) in [5, 5.41) is 9.77. The highest BCUT2D eigenvalue weighted by Crippen LogP contribution is 2.46. The topological polar surface area (TPSA) is 42.7 Å². The van der Waals surface area contributed by atoms with Crippen LogP contribution in [0.1, 0.15) is 43.4 Å². The maximum Gasteiger partial charge on any atom is 0.407 e. The highest BCUT2D eigenvalue weighted by atomic mass is 19.4. The van der Waals surface area contributed by atoms with E-state index in [1.54, 1.807) is 0 Å². The lowest BCUT2D eigenvalue weighted by Gasteiger charge is -2.27. The van der Waals surface area contributed by atoms with Gasteiger partial charge in [-0.05, 0) is 6.42 Å². The van der Waals surface area contributed by atoms with Gasteiger partial charge in [0.15, 0.2) is 5.82 Å². The van der Waals surface area contributed by atoms with Gasteiger partial charge in [-0.2, -0.15) is 26.3 Å². The zero-order chi connectivity index (χ0) is 15.8. The standard InChI is InChI=1S/C11H14F6N4/c1-2-3-6-8-19-20-9(21(8)5-4-18-6)7(10(12,13)14)11(15,16)17/h6-7,18H,2-5H2,1H3. The molecular weight excluding hydrogens is 302 g/mol. The molecule has 1 N–H and O–H groups in total. The van der Waals surface area contributed by atoms with Gasteiger partial charge in [-0.3, -0.25) is 0 Å². The van der Waals surface area contributed by atoms with Crippen molar-refractivity contribution < 1.29 is 26.3 Å². The first-order valence-electron chi connectivity index (χ1n) is 6.46. The van der Waals surface area contributed by atoms with Crippen LogP contribution >= 0.6 is 0 Å². The molecule has 0 radical (unpaired) electrons. The molecule has 1 atom stereocenters. The van der Waals surface area contributed by atoms with Crippen molar-refractivity contribution in [2.24, 2.45) is 0 Å². The van der Waals surface area contributed by atoms with E-state index >= 15 is 0 Å². The molecule has 0 aliphatic carbocycles. The molecule has 2 heterocycles. The first-order valence-corrected chi connectivity index (χ1v) is 6.46. The molecule has 0 amide bonds. The second kappa shape index (κ2) is 5.47. The van der Waals surface area contributed by atoms with E-state index in [1.165, 1.54) is 0 Å². The fraction of sp³-hybridized carbons (Fsp3) is 0.818. The van der Waals surface area contributed by atoms with Crippen molar-refractivity contribution in [1.29, 1.82) is 0 Å². The lowest BCUT2D eigenvalue weighted by molar-refractivity contribution is -0.256. The molecule has 1 aromatic rings. The molecule has 1 aliphatic heterocycles. The Labute approximate surface area is 116 Å². The van der Waals surface area contributed by atoms with Crippen LogP contribution in [-0.2, 0) is 6.54 Å². The summed E-state index contributed by atoms with van der Waals surface area (Å²) in [5.74, 6) is -4.55. The zero-order valence-electron chi connectivity index (χ0n) is 11.1. The Morgan fingerprint density at radius 1 is 1.19 bits per heavy atom. The van der Waals surface area contributed by atoms with E-state index < -0.39 is 24.1 Å². The lowest BCUT2D eigenvalue weighted by atomic mass is 10.1. The molecule has 4 nitrogen and oxygen atoms in total. The van der Waals surface area contributed by atoms with Crippen LogP contribution in [-0.4, -0.2) is 33.7 Å². The van der Waals surface area contributed by atoms with Crippen LogP contribution in [0, 0.1) is 0 Å². The van der Waals surface area contributed by atoms with E-state index in [1.807, 2.05) is 6.92 Å².